The van der Waals surface area contributed by atoms with E-state index in [4.69, 9.17) is 22.4 Å². The molecule has 1 atom stereocenters. The number of rotatable bonds is 5. The van der Waals surface area contributed by atoms with Crippen molar-refractivity contribution < 1.29 is 18.9 Å². The van der Waals surface area contributed by atoms with Crippen LogP contribution in [-0.4, -0.2) is 26.9 Å². The average Bonchev–Trinajstić information content (AvgIpc) is 2.26. The van der Waals surface area contributed by atoms with Gasteiger partial charge in [-0.25, -0.2) is 4.79 Å². The van der Waals surface area contributed by atoms with Crippen molar-refractivity contribution in [1.29, 1.82) is 0 Å². The highest BCUT2D eigenvalue weighted by Crippen LogP contribution is 2.20. The van der Waals surface area contributed by atoms with Gasteiger partial charge >= 0.3 is 5.97 Å². The van der Waals surface area contributed by atoms with E-state index in [0.717, 1.165) is 0 Å². The summed E-state index contributed by atoms with van der Waals surface area (Å²) in [6.07, 6.45) is -0.0162. The molecule has 1 amide bonds. The molecular formula is C10H10ClNO4S. The molecule has 0 fully saturated rings. The molecule has 0 spiro atoms. The van der Waals surface area contributed by atoms with E-state index in [0.29, 0.717) is 4.90 Å². The fraction of sp³-hybridized carbons (Fsp3) is 0.200. The van der Waals surface area contributed by atoms with Crippen LogP contribution >= 0.6 is 11.6 Å². The Morgan fingerprint density at radius 3 is 2.59 bits per heavy atom. The fourth-order valence-corrected chi connectivity index (χ4v) is 2.41. The summed E-state index contributed by atoms with van der Waals surface area (Å²) in [6, 6.07) is 4.07. The zero-order chi connectivity index (χ0) is 13.0. The van der Waals surface area contributed by atoms with Gasteiger partial charge in [-0.1, -0.05) is 11.6 Å². The first-order chi connectivity index (χ1) is 7.91. The van der Waals surface area contributed by atoms with E-state index in [2.05, 4.69) is 0 Å². The van der Waals surface area contributed by atoms with Crippen molar-refractivity contribution in [2.75, 3.05) is 5.75 Å². The largest absolute Gasteiger partial charge is 0.478 e. The Morgan fingerprint density at radius 1 is 1.41 bits per heavy atom. The van der Waals surface area contributed by atoms with Crippen LogP contribution < -0.4 is 5.73 Å². The maximum atomic E-state index is 11.7. The second-order valence-corrected chi connectivity index (χ2v) is 5.19. The monoisotopic (exact) mass is 275 g/mol. The first-order valence-corrected chi connectivity index (χ1v) is 6.31. The SMILES string of the molecule is NC(=O)CCS(=O)c1ccc(Cl)c(C(=O)O)c1. The number of hydrogen-bond donors (Lipinski definition) is 2. The van der Waals surface area contributed by atoms with E-state index in [-0.39, 0.29) is 22.8 Å². The van der Waals surface area contributed by atoms with Crippen molar-refractivity contribution in [2.45, 2.75) is 11.3 Å². The standard InChI is InChI=1S/C10H10ClNO4S/c11-8-2-1-6(5-7(8)10(14)15)17(16)4-3-9(12)13/h1-2,5H,3-4H2,(H2,12,13)(H,14,15). The molecule has 1 aromatic rings. The quantitative estimate of drug-likeness (QED) is 0.838. The van der Waals surface area contributed by atoms with E-state index in [1.807, 2.05) is 0 Å². The Balaban J connectivity index is 2.92. The molecule has 0 saturated heterocycles. The van der Waals surface area contributed by atoms with Crippen LogP contribution in [0, 0.1) is 0 Å². The molecule has 0 bridgehead atoms. The zero-order valence-electron chi connectivity index (χ0n) is 8.68. The smallest absolute Gasteiger partial charge is 0.337 e. The third kappa shape index (κ3) is 3.83. The number of halogens is 1. The van der Waals surface area contributed by atoms with E-state index >= 15 is 0 Å². The highest BCUT2D eigenvalue weighted by molar-refractivity contribution is 7.85. The number of amides is 1. The Hall–Kier alpha value is -1.40. The van der Waals surface area contributed by atoms with Gasteiger partial charge in [-0.05, 0) is 18.2 Å². The number of carbonyl (C=O) groups is 2. The summed E-state index contributed by atoms with van der Waals surface area (Å²) < 4.78 is 11.7. The van der Waals surface area contributed by atoms with Crippen molar-refractivity contribution in [3.8, 4) is 0 Å². The van der Waals surface area contributed by atoms with Crippen LogP contribution in [0.5, 0.6) is 0 Å². The Kier molecular flexibility index (Phi) is 4.65. The molecule has 3 N–H and O–H groups in total. The lowest BCUT2D eigenvalue weighted by molar-refractivity contribution is -0.117. The normalized spacial score (nSPS) is 12.1. The van der Waals surface area contributed by atoms with Crippen LogP contribution in [0.1, 0.15) is 16.8 Å². The van der Waals surface area contributed by atoms with E-state index in [9.17, 15) is 13.8 Å². The summed E-state index contributed by atoms with van der Waals surface area (Å²) in [4.78, 5) is 21.7. The maximum Gasteiger partial charge on any atom is 0.337 e. The van der Waals surface area contributed by atoms with Crippen LogP contribution in [0.15, 0.2) is 23.1 Å². The van der Waals surface area contributed by atoms with Crippen molar-refractivity contribution in [2.24, 2.45) is 5.73 Å². The van der Waals surface area contributed by atoms with Crippen LogP contribution in [0.25, 0.3) is 0 Å². The van der Waals surface area contributed by atoms with Crippen molar-refractivity contribution >= 4 is 34.3 Å². The molecule has 0 saturated carbocycles. The average molecular weight is 276 g/mol. The van der Waals surface area contributed by atoms with Gasteiger partial charge < -0.3 is 10.8 Å². The molecule has 0 aliphatic carbocycles. The van der Waals surface area contributed by atoms with Gasteiger partial charge in [0.25, 0.3) is 0 Å². The van der Waals surface area contributed by atoms with Crippen molar-refractivity contribution in [1.82, 2.24) is 0 Å². The first-order valence-electron chi connectivity index (χ1n) is 4.61. The highest BCUT2D eigenvalue weighted by atomic mass is 35.5. The number of primary amides is 1. The molecule has 7 heteroatoms. The molecule has 0 aliphatic rings. The molecule has 1 unspecified atom stereocenters. The van der Waals surface area contributed by atoms with Gasteiger partial charge in [0.1, 0.15) is 0 Å². The number of benzene rings is 1. The molecule has 0 aromatic heterocycles. The minimum atomic E-state index is -1.46. The molecule has 1 rings (SSSR count). The predicted molar refractivity (Wildman–Crippen MR) is 63.5 cm³/mol. The Morgan fingerprint density at radius 2 is 2.06 bits per heavy atom. The third-order valence-electron chi connectivity index (χ3n) is 1.96. The van der Waals surface area contributed by atoms with E-state index in [1.54, 1.807) is 0 Å². The van der Waals surface area contributed by atoms with Crippen LogP contribution in [-0.2, 0) is 15.6 Å². The number of nitrogens with two attached hydrogens (primary N) is 1. The Bertz CT molecular complexity index is 489. The number of carboxylic acids is 1. The first kappa shape index (κ1) is 13.7. The molecular weight excluding hydrogens is 266 g/mol. The van der Waals surface area contributed by atoms with E-state index in [1.165, 1.54) is 18.2 Å². The van der Waals surface area contributed by atoms with Gasteiger partial charge in [0.05, 0.1) is 21.4 Å². The zero-order valence-corrected chi connectivity index (χ0v) is 10.3. The minimum Gasteiger partial charge on any atom is -0.478 e. The predicted octanol–water partition coefficient (Wildman–Crippen LogP) is 1.02. The third-order valence-corrected chi connectivity index (χ3v) is 3.65. The van der Waals surface area contributed by atoms with Crippen LogP contribution in [0.2, 0.25) is 5.02 Å². The summed E-state index contributed by atoms with van der Waals surface area (Å²) in [5.74, 6) is -1.68. The van der Waals surface area contributed by atoms with Gasteiger partial charge in [-0.2, -0.15) is 0 Å². The summed E-state index contributed by atoms with van der Waals surface area (Å²) in [5.41, 5.74) is 4.82. The second kappa shape index (κ2) is 5.79. The van der Waals surface area contributed by atoms with Crippen molar-refractivity contribution in [3.63, 3.8) is 0 Å². The number of carbonyl (C=O) groups excluding carboxylic acids is 1. The molecule has 17 heavy (non-hydrogen) atoms. The van der Waals surface area contributed by atoms with Gasteiger partial charge in [0, 0.05) is 17.1 Å². The fourth-order valence-electron chi connectivity index (χ4n) is 1.12. The van der Waals surface area contributed by atoms with E-state index < -0.39 is 22.7 Å². The maximum absolute atomic E-state index is 11.7. The lowest BCUT2D eigenvalue weighted by atomic mass is 10.2. The Labute approximate surface area is 105 Å². The second-order valence-electron chi connectivity index (χ2n) is 3.21. The molecule has 0 heterocycles. The van der Waals surface area contributed by atoms with Crippen LogP contribution in [0.4, 0.5) is 0 Å². The van der Waals surface area contributed by atoms with Gasteiger partial charge in [-0.15, -0.1) is 0 Å². The van der Waals surface area contributed by atoms with Gasteiger partial charge in [0.15, 0.2) is 0 Å². The molecule has 0 radical (unpaired) electrons. The minimum absolute atomic E-state index is 0.0162. The van der Waals surface area contributed by atoms with Crippen molar-refractivity contribution in [3.05, 3.63) is 28.8 Å². The number of hydrogen-bond acceptors (Lipinski definition) is 3. The lowest BCUT2D eigenvalue weighted by Gasteiger charge is -2.04. The van der Waals surface area contributed by atoms with Gasteiger partial charge in [0.2, 0.25) is 5.91 Å². The molecule has 1 aromatic carbocycles. The van der Waals surface area contributed by atoms with Gasteiger partial charge in [-0.3, -0.25) is 9.00 Å². The highest BCUT2D eigenvalue weighted by Gasteiger charge is 2.13. The summed E-state index contributed by atoms with van der Waals surface area (Å²) in [6.45, 7) is 0. The summed E-state index contributed by atoms with van der Waals surface area (Å²) >= 11 is 5.67. The van der Waals surface area contributed by atoms with Crippen LogP contribution in [0.3, 0.4) is 0 Å². The lowest BCUT2D eigenvalue weighted by Crippen LogP contribution is -2.14. The number of carboxylic acid groups (broad SMARTS) is 1. The molecule has 5 nitrogen and oxygen atoms in total. The summed E-state index contributed by atoms with van der Waals surface area (Å²) in [7, 11) is -1.46. The molecule has 92 valence electrons. The molecule has 0 aliphatic heterocycles. The topological polar surface area (TPSA) is 97.5 Å². The number of aromatic carboxylic acids is 1. The summed E-state index contributed by atoms with van der Waals surface area (Å²) in [5, 5.41) is 8.91.